The molecule has 0 spiro atoms. The van der Waals surface area contributed by atoms with Crippen LogP contribution < -0.4 is 4.90 Å². The van der Waals surface area contributed by atoms with Crippen LogP contribution in [-0.2, 0) is 0 Å². The molecule has 0 radical (unpaired) electrons. The number of hydrogen-bond donors (Lipinski definition) is 1. The minimum atomic E-state index is 0.166. The van der Waals surface area contributed by atoms with Crippen molar-refractivity contribution < 1.29 is 0 Å². The van der Waals surface area contributed by atoms with Crippen LogP contribution in [0.1, 0.15) is 11.5 Å². The fraction of sp³-hybridized carbons (Fsp3) is 0.0345. The number of thiol groups is 1. The van der Waals surface area contributed by atoms with Gasteiger partial charge in [-0.15, -0.1) is 0 Å². The summed E-state index contributed by atoms with van der Waals surface area (Å²) in [5.41, 5.74) is 15.3. The Bertz CT molecular complexity index is 3240. The molecule has 1 aromatic heterocycles. The largest absolute Gasteiger partial charge is 0.311 e. The van der Waals surface area contributed by atoms with E-state index in [9.17, 15) is 0 Å². The van der Waals surface area contributed by atoms with Crippen molar-refractivity contribution in [3.63, 3.8) is 0 Å². The third-order valence-electron chi connectivity index (χ3n) is 12.2. The smallest absolute Gasteiger partial charge is 0.0541 e. The summed E-state index contributed by atoms with van der Waals surface area (Å²) in [6.45, 7) is 0. The quantitative estimate of drug-likeness (QED) is 0.151. The second-order valence-electron chi connectivity index (χ2n) is 15.8. The zero-order valence-corrected chi connectivity index (χ0v) is 34.4. The summed E-state index contributed by atoms with van der Waals surface area (Å²) >= 11 is 4.86. The highest BCUT2D eigenvalue weighted by molar-refractivity contribution is 7.81. The Balaban J connectivity index is 0.965. The molecule has 2 atom stereocenters. The van der Waals surface area contributed by atoms with Crippen LogP contribution in [0.3, 0.4) is 0 Å². The molecule has 290 valence electrons. The molecule has 0 saturated carbocycles. The van der Waals surface area contributed by atoms with E-state index in [2.05, 4.69) is 246 Å². The summed E-state index contributed by atoms with van der Waals surface area (Å²) in [5, 5.41) is 5.17. The Morgan fingerprint density at radius 1 is 0.393 bits per heavy atom. The summed E-state index contributed by atoms with van der Waals surface area (Å²) in [6.07, 6.45) is 8.62. The highest BCUT2D eigenvalue weighted by atomic mass is 32.1. The zero-order valence-electron chi connectivity index (χ0n) is 33.5. The van der Waals surface area contributed by atoms with E-state index in [0.29, 0.717) is 0 Å². The van der Waals surface area contributed by atoms with Gasteiger partial charge in [-0.3, -0.25) is 0 Å². The molecule has 9 aromatic carbocycles. The first kappa shape index (κ1) is 36.7. The van der Waals surface area contributed by atoms with Gasteiger partial charge in [0, 0.05) is 44.7 Å². The van der Waals surface area contributed by atoms with Crippen LogP contribution >= 0.6 is 12.6 Å². The topological polar surface area (TPSA) is 8.17 Å². The average molecular weight is 799 g/mol. The summed E-state index contributed by atoms with van der Waals surface area (Å²) in [4.78, 5) is 2.36. The van der Waals surface area contributed by atoms with Crippen LogP contribution in [0.5, 0.6) is 0 Å². The van der Waals surface area contributed by atoms with Gasteiger partial charge in [-0.05, 0) is 116 Å². The number of aromatic nitrogens is 1. The maximum Gasteiger partial charge on any atom is 0.0541 e. The zero-order chi connectivity index (χ0) is 40.7. The number of rotatable bonds is 8. The Morgan fingerprint density at radius 3 is 1.67 bits per heavy atom. The van der Waals surface area contributed by atoms with E-state index < -0.39 is 0 Å². The summed E-state index contributed by atoms with van der Waals surface area (Å²) < 4.78 is 2.37. The second-order valence-corrected chi connectivity index (χ2v) is 16.4. The lowest BCUT2D eigenvalue weighted by Crippen LogP contribution is -2.10. The van der Waals surface area contributed by atoms with E-state index in [1.54, 1.807) is 0 Å². The first-order valence-corrected chi connectivity index (χ1v) is 21.5. The highest BCUT2D eigenvalue weighted by Crippen LogP contribution is 2.40. The number of anilines is 3. The van der Waals surface area contributed by atoms with Gasteiger partial charge in [0.2, 0.25) is 0 Å². The van der Waals surface area contributed by atoms with Gasteiger partial charge in [0.15, 0.2) is 0 Å². The molecule has 0 N–H and O–H groups in total. The minimum Gasteiger partial charge on any atom is -0.311 e. The molecular weight excluding hydrogens is 757 g/mol. The van der Waals surface area contributed by atoms with Gasteiger partial charge in [0.1, 0.15) is 0 Å². The van der Waals surface area contributed by atoms with Crippen LogP contribution in [-0.4, -0.2) is 9.82 Å². The van der Waals surface area contributed by atoms with E-state index in [0.717, 1.165) is 17.1 Å². The van der Waals surface area contributed by atoms with Crippen molar-refractivity contribution in [2.45, 2.75) is 11.2 Å². The summed E-state index contributed by atoms with van der Waals surface area (Å²) in [5.74, 6) is 0.250. The van der Waals surface area contributed by atoms with E-state index in [1.807, 2.05) is 0 Å². The van der Waals surface area contributed by atoms with Crippen molar-refractivity contribution in [1.29, 1.82) is 0 Å². The van der Waals surface area contributed by atoms with Gasteiger partial charge in [0.05, 0.1) is 11.0 Å². The normalized spacial score (nSPS) is 14.8. The molecule has 11 rings (SSSR count). The molecule has 3 heteroatoms. The fourth-order valence-corrected chi connectivity index (χ4v) is 9.53. The number of nitrogens with zero attached hydrogens (tertiary/aromatic N) is 2. The number of benzene rings is 9. The SMILES string of the molecule is SC1C=CC=CC1c1cccc(-c2ccc(N(c3ccc(-c4ccc5c(c4)c4ccccc4n5-c4ccccc4)cc3)c3ccc(-c4cccc5ccccc45)cc3)cc2)c1. The molecule has 61 heavy (non-hydrogen) atoms. The molecule has 0 bridgehead atoms. The third kappa shape index (κ3) is 6.83. The van der Waals surface area contributed by atoms with Crippen LogP contribution in [0.2, 0.25) is 0 Å². The Kier molecular flexibility index (Phi) is 9.45. The minimum absolute atomic E-state index is 0.166. The fourth-order valence-electron chi connectivity index (χ4n) is 9.16. The molecular formula is C58H42N2S. The van der Waals surface area contributed by atoms with Crippen molar-refractivity contribution in [2.24, 2.45) is 0 Å². The van der Waals surface area contributed by atoms with Gasteiger partial charge in [-0.2, -0.15) is 12.6 Å². The number of hydrogen-bond acceptors (Lipinski definition) is 2. The number of fused-ring (bicyclic) bond motifs is 4. The van der Waals surface area contributed by atoms with Crippen molar-refractivity contribution >= 4 is 62.3 Å². The molecule has 0 aliphatic heterocycles. The monoisotopic (exact) mass is 798 g/mol. The Hall–Kier alpha value is -7.33. The van der Waals surface area contributed by atoms with Crippen molar-refractivity contribution in [3.8, 4) is 39.1 Å². The molecule has 10 aromatic rings. The molecule has 0 saturated heterocycles. The first-order chi connectivity index (χ1) is 30.2. The number of allylic oxidation sites excluding steroid dienone is 3. The second kappa shape index (κ2) is 15.7. The van der Waals surface area contributed by atoms with Crippen LogP contribution in [0, 0.1) is 0 Å². The maximum absolute atomic E-state index is 4.86. The van der Waals surface area contributed by atoms with Gasteiger partial charge in [-0.1, -0.05) is 170 Å². The molecule has 2 nitrogen and oxygen atoms in total. The first-order valence-electron chi connectivity index (χ1n) is 21.0. The lowest BCUT2D eigenvalue weighted by molar-refractivity contribution is 0.876. The van der Waals surface area contributed by atoms with Gasteiger partial charge < -0.3 is 9.47 Å². The third-order valence-corrected chi connectivity index (χ3v) is 12.7. The van der Waals surface area contributed by atoms with Crippen molar-refractivity contribution in [1.82, 2.24) is 4.57 Å². The Morgan fingerprint density at radius 2 is 0.951 bits per heavy atom. The molecule has 1 aliphatic rings. The van der Waals surface area contributed by atoms with E-state index in [1.165, 1.54) is 77.2 Å². The lowest BCUT2D eigenvalue weighted by atomic mass is 9.90. The van der Waals surface area contributed by atoms with Crippen molar-refractivity contribution in [2.75, 3.05) is 4.90 Å². The van der Waals surface area contributed by atoms with E-state index in [4.69, 9.17) is 12.6 Å². The lowest BCUT2D eigenvalue weighted by Gasteiger charge is -2.26. The van der Waals surface area contributed by atoms with Crippen LogP contribution in [0.4, 0.5) is 17.1 Å². The number of para-hydroxylation sites is 2. The molecule has 0 amide bonds. The molecule has 0 fully saturated rings. The predicted molar refractivity (Wildman–Crippen MR) is 263 cm³/mol. The van der Waals surface area contributed by atoms with Gasteiger partial charge >= 0.3 is 0 Å². The van der Waals surface area contributed by atoms with E-state index in [-0.39, 0.29) is 11.2 Å². The van der Waals surface area contributed by atoms with Crippen LogP contribution in [0.25, 0.3) is 71.6 Å². The van der Waals surface area contributed by atoms with E-state index >= 15 is 0 Å². The molecule has 1 heterocycles. The Labute approximate surface area is 362 Å². The molecule has 2 unspecified atom stereocenters. The molecule has 1 aliphatic carbocycles. The maximum atomic E-state index is 4.86. The highest BCUT2D eigenvalue weighted by Gasteiger charge is 2.19. The summed E-state index contributed by atoms with van der Waals surface area (Å²) in [7, 11) is 0. The predicted octanol–water partition coefficient (Wildman–Crippen LogP) is 15.9. The van der Waals surface area contributed by atoms with Crippen molar-refractivity contribution in [3.05, 3.63) is 242 Å². The standard InChI is InChI=1S/C58H42N2S/c61-58-23-9-7-19-53(58)46-15-10-14-44(38-46)40-24-31-48(32-25-40)59(50-35-28-43(29-36-50)52-21-11-13-42-12-4-5-18-51(42)52)49-33-26-41(27-34-49)45-30-37-57-55(39-45)54-20-6-8-22-56(54)60(57)47-16-2-1-3-17-47/h1-39,53,58,61H. The van der Waals surface area contributed by atoms with Crippen LogP contribution in [0.15, 0.2) is 237 Å². The average Bonchev–Trinajstić information content (AvgIpc) is 3.66. The van der Waals surface area contributed by atoms with Gasteiger partial charge in [-0.25, -0.2) is 0 Å². The van der Waals surface area contributed by atoms with Gasteiger partial charge in [0.25, 0.3) is 0 Å². The summed E-state index contributed by atoms with van der Waals surface area (Å²) in [6, 6.07) is 77.3.